The second kappa shape index (κ2) is 8.73. The maximum absolute atomic E-state index is 13.4. The summed E-state index contributed by atoms with van der Waals surface area (Å²) in [6, 6.07) is 0. The molecule has 3 aliphatic carbocycles. The number of esters is 3. The van der Waals surface area contributed by atoms with Crippen molar-refractivity contribution in [2.24, 2.45) is 23.7 Å². The first-order valence-corrected chi connectivity index (χ1v) is 16.0. The summed E-state index contributed by atoms with van der Waals surface area (Å²) in [6.45, 7) is 11.1. The van der Waals surface area contributed by atoms with Crippen molar-refractivity contribution in [1.29, 1.82) is 0 Å². The van der Waals surface area contributed by atoms with E-state index in [1.54, 1.807) is 32.9 Å². The van der Waals surface area contributed by atoms with E-state index < -0.39 is 82.3 Å². The first-order valence-electron chi connectivity index (χ1n) is 16.0. The van der Waals surface area contributed by atoms with Crippen LogP contribution in [0.2, 0.25) is 0 Å². The van der Waals surface area contributed by atoms with E-state index in [0.29, 0.717) is 17.6 Å². The maximum Gasteiger partial charge on any atom is 0.334 e. The molecule has 4 saturated heterocycles. The number of carbonyl (C=O) groups is 3. The summed E-state index contributed by atoms with van der Waals surface area (Å²) in [5, 5.41) is 25.1. The van der Waals surface area contributed by atoms with E-state index in [0.717, 1.165) is 0 Å². The fourth-order valence-corrected chi connectivity index (χ4v) is 11.0. The second-order valence-electron chi connectivity index (χ2n) is 15.2. The van der Waals surface area contributed by atoms with Crippen LogP contribution in [0.1, 0.15) is 73.6 Å². The normalized spacial score (nSPS) is 54.5. The van der Waals surface area contributed by atoms with Crippen LogP contribution in [0, 0.1) is 23.7 Å². The largest absolute Gasteiger partial charge is 0.458 e. The van der Waals surface area contributed by atoms with Crippen molar-refractivity contribution in [3.05, 3.63) is 23.3 Å². The number of aliphatic hydroxyl groups is 2. The van der Waals surface area contributed by atoms with E-state index in [2.05, 4.69) is 6.92 Å². The lowest BCUT2D eigenvalue weighted by Gasteiger charge is -2.56. The molecule has 3 spiro atoms. The molecule has 0 aromatic rings. The Morgan fingerprint density at radius 1 is 1.11 bits per heavy atom. The predicted octanol–water partition coefficient (Wildman–Crippen LogP) is 2.05. The molecule has 8 rings (SSSR count). The number of aliphatic hydroxyl groups excluding tert-OH is 1. The van der Waals surface area contributed by atoms with Gasteiger partial charge in [0.1, 0.15) is 41.2 Å². The van der Waals surface area contributed by atoms with Crippen LogP contribution >= 0.6 is 0 Å². The van der Waals surface area contributed by atoms with Gasteiger partial charge in [0.25, 0.3) is 0 Å². The topological polar surface area (TPSA) is 150 Å². The summed E-state index contributed by atoms with van der Waals surface area (Å²) in [6.07, 6.45) is 0.247. The third-order valence-electron chi connectivity index (χ3n) is 12.8. The quantitative estimate of drug-likeness (QED) is 0.208. The Kier molecular flexibility index (Phi) is 5.78. The van der Waals surface area contributed by atoms with Gasteiger partial charge in [0.2, 0.25) is 0 Å². The maximum atomic E-state index is 13.4. The Labute approximate surface area is 256 Å². The first-order chi connectivity index (χ1) is 20.6. The highest BCUT2D eigenvalue weighted by Gasteiger charge is 2.91. The van der Waals surface area contributed by atoms with Gasteiger partial charge in [0.15, 0.2) is 0 Å². The Balaban J connectivity index is 1.26. The SMILES string of the molecule is C/C=C(/C)C(=O)O[C@@H]1C[C@H]2C(C)(C)O[C@@H]3CC(=O)O[C@@]32C[C@@]2(O)C[C@H](O)[C@]34O[C@H]([C@@H]5C=C(C)C(=O)O5)[C@@H](C)[C@H]3C[C@@H]3O[C@@]34[C@H]12. The van der Waals surface area contributed by atoms with Crippen LogP contribution in [0.4, 0.5) is 0 Å². The summed E-state index contributed by atoms with van der Waals surface area (Å²) in [5.74, 6) is -2.71. The Bertz CT molecular complexity index is 1420. The van der Waals surface area contributed by atoms with Crippen molar-refractivity contribution >= 4 is 17.9 Å². The molecule has 0 unspecified atom stereocenters. The van der Waals surface area contributed by atoms with Gasteiger partial charge in [0.05, 0.1) is 35.7 Å². The van der Waals surface area contributed by atoms with Crippen molar-refractivity contribution in [3.63, 3.8) is 0 Å². The number of epoxide rings is 1. The minimum absolute atomic E-state index is 0.0165. The molecule has 0 aromatic heterocycles. The fourth-order valence-electron chi connectivity index (χ4n) is 11.0. The Hall–Kier alpha value is -2.31. The highest BCUT2D eigenvalue weighted by Crippen LogP contribution is 2.76. The number of carbonyl (C=O) groups excluding carboxylic acids is 3. The van der Waals surface area contributed by atoms with E-state index in [4.69, 9.17) is 28.4 Å². The van der Waals surface area contributed by atoms with E-state index in [-0.39, 0.29) is 49.6 Å². The highest BCUT2D eigenvalue weighted by atomic mass is 16.7. The minimum Gasteiger partial charge on any atom is -0.458 e. The van der Waals surface area contributed by atoms with Crippen LogP contribution in [0.25, 0.3) is 0 Å². The van der Waals surface area contributed by atoms with Crippen molar-refractivity contribution in [2.75, 3.05) is 0 Å². The predicted molar refractivity (Wildman–Crippen MR) is 150 cm³/mol. The van der Waals surface area contributed by atoms with Crippen molar-refractivity contribution in [2.45, 2.75) is 138 Å². The monoisotopic (exact) mass is 614 g/mol. The van der Waals surface area contributed by atoms with E-state index in [1.165, 1.54) is 0 Å². The third kappa shape index (κ3) is 3.32. The number of hydrogen-bond acceptors (Lipinski definition) is 11. The van der Waals surface area contributed by atoms with Crippen LogP contribution in [-0.2, 0) is 42.8 Å². The molecule has 3 saturated carbocycles. The molecule has 240 valence electrons. The third-order valence-corrected chi connectivity index (χ3v) is 12.8. The molecule has 0 amide bonds. The number of rotatable bonds is 3. The summed E-state index contributed by atoms with van der Waals surface area (Å²) >= 11 is 0. The van der Waals surface area contributed by atoms with Gasteiger partial charge in [-0.3, -0.25) is 4.79 Å². The smallest absolute Gasteiger partial charge is 0.334 e. The summed E-state index contributed by atoms with van der Waals surface area (Å²) in [7, 11) is 0. The number of fused-ring (bicyclic) bond motifs is 1. The lowest BCUT2D eigenvalue weighted by Crippen LogP contribution is -2.72. The first kappa shape index (κ1) is 29.1. The molecule has 44 heavy (non-hydrogen) atoms. The van der Waals surface area contributed by atoms with Crippen molar-refractivity contribution in [3.8, 4) is 0 Å². The second-order valence-corrected chi connectivity index (χ2v) is 15.2. The highest BCUT2D eigenvalue weighted by molar-refractivity contribution is 5.90. The number of allylic oxidation sites excluding steroid dienone is 1. The molecule has 11 nitrogen and oxygen atoms in total. The van der Waals surface area contributed by atoms with Gasteiger partial charge in [-0.15, -0.1) is 0 Å². The van der Waals surface area contributed by atoms with Gasteiger partial charge in [-0.1, -0.05) is 13.0 Å². The standard InChI is InChI=1S/C33H42O11/c1-7-14(2)27(36)40-19-10-20-29(5,6)41-22-11-24(35)43-31(20,22)13-30(38)12-21(34)32-17(9-23-33(32,42-23)26(19)30)16(4)25(44-32)18-8-15(3)28(37)39-18/h7-8,16-23,25-26,34,38H,9-13H2,1-6H3/b14-7-/t16-,17+,18-,19+,20-,21-,22+,23-,25-,26+,30-,31+,32+,33+/m0/s1. The molecule has 0 bridgehead atoms. The zero-order valence-corrected chi connectivity index (χ0v) is 26.0. The zero-order chi connectivity index (χ0) is 31.4. The molecule has 5 heterocycles. The fraction of sp³-hybridized carbons (Fsp3) is 0.788. The summed E-state index contributed by atoms with van der Waals surface area (Å²) in [5.41, 5.74) is -4.99. The van der Waals surface area contributed by atoms with E-state index >= 15 is 0 Å². The minimum atomic E-state index is -1.65. The average molecular weight is 615 g/mol. The van der Waals surface area contributed by atoms with Gasteiger partial charge in [0, 0.05) is 35.8 Å². The molecule has 14 atom stereocenters. The van der Waals surface area contributed by atoms with Gasteiger partial charge < -0.3 is 38.6 Å². The Morgan fingerprint density at radius 2 is 1.86 bits per heavy atom. The Morgan fingerprint density at radius 3 is 2.55 bits per heavy atom. The molecule has 11 heteroatoms. The molecular formula is C33H42O11. The molecule has 2 N–H and O–H groups in total. The van der Waals surface area contributed by atoms with Gasteiger partial charge >= 0.3 is 17.9 Å². The zero-order valence-electron chi connectivity index (χ0n) is 26.0. The number of hydrogen-bond donors (Lipinski definition) is 2. The van der Waals surface area contributed by atoms with Crippen LogP contribution in [0.15, 0.2) is 23.3 Å². The molecular weight excluding hydrogens is 572 g/mol. The van der Waals surface area contributed by atoms with E-state index in [1.807, 2.05) is 13.8 Å². The van der Waals surface area contributed by atoms with E-state index in [9.17, 15) is 24.6 Å². The lowest BCUT2D eigenvalue weighted by molar-refractivity contribution is -0.270. The van der Waals surface area contributed by atoms with Gasteiger partial charge in [-0.2, -0.15) is 0 Å². The van der Waals surface area contributed by atoms with Crippen molar-refractivity contribution < 1.29 is 53.0 Å². The summed E-state index contributed by atoms with van der Waals surface area (Å²) < 4.78 is 38.1. The van der Waals surface area contributed by atoms with Crippen LogP contribution in [0.5, 0.6) is 0 Å². The molecule has 5 aliphatic heterocycles. The van der Waals surface area contributed by atoms with Crippen LogP contribution in [0.3, 0.4) is 0 Å². The van der Waals surface area contributed by atoms with Crippen molar-refractivity contribution in [1.82, 2.24) is 0 Å². The van der Waals surface area contributed by atoms with Crippen LogP contribution < -0.4 is 0 Å². The molecule has 7 fully saturated rings. The molecule has 0 radical (unpaired) electrons. The van der Waals surface area contributed by atoms with Gasteiger partial charge in [-0.05, 0) is 59.5 Å². The molecule has 0 aromatic carbocycles. The number of ether oxygens (including phenoxy) is 6. The average Bonchev–Trinajstić information content (AvgIpc) is 3.10. The van der Waals surface area contributed by atoms with Crippen LogP contribution in [-0.4, -0.2) is 92.8 Å². The lowest BCUT2D eigenvalue weighted by atomic mass is 9.56. The molecule has 8 aliphatic rings. The number of cyclic esters (lactones) is 1. The summed E-state index contributed by atoms with van der Waals surface area (Å²) in [4.78, 5) is 38.5. The van der Waals surface area contributed by atoms with Gasteiger partial charge in [-0.25, -0.2) is 9.59 Å².